The second-order valence-corrected chi connectivity index (χ2v) is 6.95. The number of hydrogen-bond donors (Lipinski definition) is 2. The zero-order valence-corrected chi connectivity index (χ0v) is 13.5. The number of benzene rings is 1. The first-order chi connectivity index (χ1) is 11.2. The minimum atomic E-state index is -1.31. The highest BCUT2D eigenvalue weighted by molar-refractivity contribution is 5.99. The fourth-order valence-corrected chi connectivity index (χ4v) is 3.77. The van der Waals surface area contributed by atoms with E-state index >= 15 is 0 Å². The van der Waals surface area contributed by atoms with E-state index in [1.165, 1.54) is 6.20 Å². The highest BCUT2D eigenvalue weighted by atomic mass is 19.1. The largest absolute Gasteiger partial charge is 0.477 e. The molecule has 1 aromatic heterocycles. The summed E-state index contributed by atoms with van der Waals surface area (Å²) in [5, 5.41) is 9.39. The molecule has 2 aromatic rings. The Morgan fingerprint density at radius 2 is 2.12 bits per heavy atom. The fourth-order valence-electron chi connectivity index (χ4n) is 3.77. The molecule has 0 amide bonds. The van der Waals surface area contributed by atoms with Crippen molar-refractivity contribution in [2.75, 3.05) is 18.5 Å². The number of aromatic nitrogens is 1. The molecule has 3 N–H and O–H groups in total. The van der Waals surface area contributed by atoms with Gasteiger partial charge in [-0.3, -0.25) is 4.79 Å². The lowest BCUT2D eigenvalue weighted by molar-refractivity contribution is 0.0694. The summed E-state index contributed by atoms with van der Waals surface area (Å²) in [4.78, 5) is 25.9. The average molecular weight is 331 g/mol. The maximum absolute atomic E-state index is 14.8. The molecule has 1 atom stereocenters. The Balaban J connectivity index is 2.22. The Hall–Kier alpha value is -2.41. The highest BCUT2D eigenvalue weighted by Gasteiger charge is 2.46. The third-order valence-electron chi connectivity index (χ3n) is 5.15. The lowest BCUT2D eigenvalue weighted by atomic mass is 9.95. The molecule has 24 heavy (non-hydrogen) atoms. The van der Waals surface area contributed by atoms with E-state index in [0.717, 1.165) is 6.07 Å². The molecule has 126 valence electrons. The van der Waals surface area contributed by atoms with Crippen molar-refractivity contribution in [3.63, 3.8) is 0 Å². The molecule has 1 fully saturated rings. The maximum Gasteiger partial charge on any atom is 0.341 e. The predicted molar refractivity (Wildman–Crippen MR) is 88.2 cm³/mol. The van der Waals surface area contributed by atoms with Crippen LogP contribution in [0.2, 0.25) is 0 Å². The molecule has 2 heterocycles. The lowest BCUT2D eigenvalue weighted by Crippen LogP contribution is -2.36. The van der Waals surface area contributed by atoms with Crippen LogP contribution >= 0.6 is 0 Å². The third-order valence-corrected chi connectivity index (χ3v) is 5.15. The number of likely N-dealkylation sites (N-methyl/N-ethyl adjacent to an activating group) is 1. The summed E-state index contributed by atoms with van der Waals surface area (Å²) in [5.41, 5.74) is 6.18. The number of nitrogens with two attached hydrogens (primary N) is 1. The first kappa shape index (κ1) is 15.1. The summed E-state index contributed by atoms with van der Waals surface area (Å²) < 4.78 is 16.6. The smallest absolute Gasteiger partial charge is 0.341 e. The van der Waals surface area contributed by atoms with Crippen molar-refractivity contribution in [2.24, 2.45) is 5.73 Å². The second-order valence-electron chi connectivity index (χ2n) is 6.95. The highest BCUT2D eigenvalue weighted by Crippen LogP contribution is 2.50. The van der Waals surface area contributed by atoms with Crippen molar-refractivity contribution >= 4 is 22.6 Å². The number of rotatable bonds is 2. The van der Waals surface area contributed by atoms with Crippen molar-refractivity contribution in [1.82, 2.24) is 4.57 Å². The molecular formula is C17H18FN3O3. The Bertz CT molecular complexity index is 962. The summed E-state index contributed by atoms with van der Waals surface area (Å²) in [6, 6.07) is 1.10. The number of hydrogen-bond acceptors (Lipinski definition) is 4. The van der Waals surface area contributed by atoms with E-state index in [1.54, 1.807) is 4.57 Å². The molecule has 6 nitrogen and oxygen atoms in total. The summed E-state index contributed by atoms with van der Waals surface area (Å²) >= 11 is 0. The third kappa shape index (κ3) is 1.84. The zero-order valence-electron chi connectivity index (χ0n) is 13.5. The minimum absolute atomic E-state index is 0.0464. The van der Waals surface area contributed by atoms with Crippen LogP contribution < -0.4 is 16.1 Å². The van der Waals surface area contributed by atoms with Crippen LogP contribution in [0.15, 0.2) is 17.1 Å². The van der Waals surface area contributed by atoms with Crippen LogP contribution in [0.4, 0.5) is 10.1 Å². The van der Waals surface area contributed by atoms with E-state index in [0.29, 0.717) is 36.2 Å². The molecule has 1 unspecified atom stereocenters. The SMILES string of the molecule is CC1CN(C)c2c(C3(N)CC3)c(F)cc3c(=O)c(C(=O)O)cn1c23. The average Bonchev–Trinajstić information content (AvgIpc) is 3.23. The Kier molecular flexibility index (Phi) is 2.88. The van der Waals surface area contributed by atoms with E-state index in [9.17, 15) is 19.1 Å². The number of halogens is 1. The lowest BCUT2D eigenvalue weighted by Gasteiger charge is -2.36. The molecule has 0 saturated heterocycles. The Morgan fingerprint density at radius 3 is 2.71 bits per heavy atom. The number of carboxylic acids is 1. The van der Waals surface area contributed by atoms with Crippen LogP contribution in [0.25, 0.3) is 10.9 Å². The van der Waals surface area contributed by atoms with E-state index in [4.69, 9.17) is 5.73 Å². The van der Waals surface area contributed by atoms with Crippen LogP contribution in [0.1, 0.15) is 41.7 Å². The summed E-state index contributed by atoms with van der Waals surface area (Å²) in [6.07, 6.45) is 2.76. The van der Waals surface area contributed by atoms with E-state index in [1.807, 2.05) is 18.9 Å². The van der Waals surface area contributed by atoms with Crippen LogP contribution in [0, 0.1) is 5.82 Å². The van der Waals surface area contributed by atoms with Gasteiger partial charge in [0.2, 0.25) is 5.43 Å². The summed E-state index contributed by atoms with van der Waals surface area (Å²) in [7, 11) is 1.85. The number of carboxylic acid groups (broad SMARTS) is 1. The molecule has 1 aliphatic heterocycles. The fraction of sp³-hybridized carbons (Fsp3) is 0.412. The van der Waals surface area contributed by atoms with E-state index in [2.05, 4.69) is 0 Å². The molecule has 2 aliphatic rings. The molecule has 0 spiro atoms. The summed E-state index contributed by atoms with van der Waals surface area (Å²) in [6.45, 7) is 2.52. The van der Waals surface area contributed by atoms with Crippen LogP contribution in [0.5, 0.6) is 0 Å². The molecule has 4 rings (SSSR count). The number of carbonyl (C=O) groups is 1. The molecular weight excluding hydrogens is 313 g/mol. The monoisotopic (exact) mass is 331 g/mol. The van der Waals surface area contributed by atoms with Crippen LogP contribution in [-0.2, 0) is 5.54 Å². The topological polar surface area (TPSA) is 88.6 Å². The van der Waals surface area contributed by atoms with Crippen molar-refractivity contribution in [3.05, 3.63) is 39.4 Å². The van der Waals surface area contributed by atoms with Gasteiger partial charge in [0.1, 0.15) is 11.4 Å². The van der Waals surface area contributed by atoms with Gasteiger partial charge in [0.05, 0.1) is 16.6 Å². The molecule has 7 heteroatoms. The van der Waals surface area contributed by atoms with Crippen molar-refractivity contribution < 1.29 is 14.3 Å². The maximum atomic E-state index is 14.8. The van der Waals surface area contributed by atoms with Gasteiger partial charge in [0, 0.05) is 36.9 Å². The first-order valence-corrected chi connectivity index (χ1v) is 7.90. The quantitative estimate of drug-likeness (QED) is 0.876. The normalized spacial score (nSPS) is 21.2. The molecule has 1 aromatic carbocycles. The first-order valence-electron chi connectivity index (χ1n) is 7.90. The van der Waals surface area contributed by atoms with Gasteiger partial charge < -0.3 is 20.3 Å². The molecule has 0 bridgehead atoms. The van der Waals surface area contributed by atoms with Gasteiger partial charge in [-0.15, -0.1) is 0 Å². The minimum Gasteiger partial charge on any atom is -0.477 e. The molecule has 1 saturated carbocycles. The number of aromatic carboxylic acids is 1. The van der Waals surface area contributed by atoms with Gasteiger partial charge in [0.25, 0.3) is 0 Å². The van der Waals surface area contributed by atoms with Gasteiger partial charge in [-0.25, -0.2) is 9.18 Å². The number of anilines is 1. The van der Waals surface area contributed by atoms with Crippen molar-refractivity contribution in [1.29, 1.82) is 0 Å². The van der Waals surface area contributed by atoms with Gasteiger partial charge >= 0.3 is 5.97 Å². The van der Waals surface area contributed by atoms with Gasteiger partial charge in [-0.2, -0.15) is 0 Å². The number of pyridine rings is 1. The Labute approximate surface area is 137 Å². The van der Waals surface area contributed by atoms with Gasteiger partial charge in [-0.05, 0) is 25.8 Å². The van der Waals surface area contributed by atoms with Crippen LogP contribution in [-0.4, -0.2) is 29.2 Å². The summed E-state index contributed by atoms with van der Waals surface area (Å²) in [5.74, 6) is -1.84. The van der Waals surface area contributed by atoms with Crippen molar-refractivity contribution in [2.45, 2.75) is 31.3 Å². The van der Waals surface area contributed by atoms with E-state index in [-0.39, 0.29) is 17.0 Å². The van der Waals surface area contributed by atoms with Crippen LogP contribution in [0.3, 0.4) is 0 Å². The number of nitrogens with zero attached hydrogens (tertiary/aromatic N) is 2. The van der Waals surface area contributed by atoms with Gasteiger partial charge in [-0.1, -0.05) is 0 Å². The van der Waals surface area contributed by atoms with E-state index < -0.39 is 22.8 Å². The zero-order chi connectivity index (χ0) is 17.4. The van der Waals surface area contributed by atoms with Crippen molar-refractivity contribution in [3.8, 4) is 0 Å². The standard InChI is InChI=1S/C17H18FN3O3/c1-8-6-20(2)14-12(17(19)3-4-17)11(18)5-9-13(14)21(8)7-10(15(9)22)16(23)24/h5,7-8H,3-4,6,19H2,1-2H3,(H,23,24). The Morgan fingerprint density at radius 1 is 1.46 bits per heavy atom. The second kappa shape index (κ2) is 4.57. The predicted octanol–water partition coefficient (Wildman–Crippen LogP) is 1.80. The van der Waals surface area contributed by atoms with Gasteiger partial charge in [0.15, 0.2) is 0 Å². The molecule has 0 radical (unpaired) electrons. The molecule has 1 aliphatic carbocycles.